The van der Waals surface area contributed by atoms with Gasteiger partial charge in [0.25, 0.3) is 0 Å². The third-order valence-corrected chi connectivity index (χ3v) is 4.32. The minimum atomic E-state index is -0.000582. The number of rotatable bonds is 4. The number of ether oxygens (including phenoxy) is 1. The van der Waals surface area contributed by atoms with Crippen molar-refractivity contribution >= 4 is 28.4 Å². The maximum atomic E-state index is 12.3. The Balaban J connectivity index is 1.93. The van der Waals surface area contributed by atoms with Crippen LogP contribution in [0.4, 0.5) is 0 Å². The number of benzene rings is 1. The fraction of sp³-hybridized carbons (Fsp3) is 0.312. The van der Waals surface area contributed by atoms with E-state index < -0.39 is 0 Å². The Labute approximate surface area is 133 Å². The zero-order chi connectivity index (χ0) is 15.7. The number of hydrogen-bond donors (Lipinski definition) is 3. The average molecular weight is 317 g/mol. The van der Waals surface area contributed by atoms with Gasteiger partial charge in [0.05, 0.1) is 24.0 Å². The van der Waals surface area contributed by atoms with Crippen molar-refractivity contribution in [3.05, 3.63) is 45.6 Å². The molecular weight excluding hydrogens is 298 g/mol. The molecule has 1 aromatic heterocycles. The lowest BCUT2D eigenvalue weighted by atomic mass is 10.1. The number of thioether (sulfide) groups is 1. The van der Waals surface area contributed by atoms with E-state index in [4.69, 9.17) is 4.74 Å². The molecule has 1 unspecified atom stereocenters. The molecule has 1 aliphatic rings. The monoisotopic (exact) mass is 317 g/mol. The van der Waals surface area contributed by atoms with Crippen molar-refractivity contribution in [2.75, 3.05) is 7.11 Å². The van der Waals surface area contributed by atoms with Gasteiger partial charge >= 0.3 is 0 Å². The minimum Gasteiger partial charge on any atom is -0.497 e. The molecule has 1 aromatic carbocycles. The molecule has 0 amide bonds. The van der Waals surface area contributed by atoms with E-state index in [1.807, 2.05) is 11.5 Å². The van der Waals surface area contributed by atoms with Gasteiger partial charge in [0.1, 0.15) is 11.2 Å². The summed E-state index contributed by atoms with van der Waals surface area (Å²) in [7, 11) is 1.61. The molecule has 116 valence electrons. The Morgan fingerprint density at radius 2 is 2.14 bits per heavy atom. The standard InChI is InChI=1S/C16H19N3O2S/c1-9(2)17-16-19-14(8-22-16)13-7-15(20)11-5-4-10(21-3)6-12(11)18-13/h4-9,16-17,19H,1-3H3,(H,18,20). The third kappa shape index (κ3) is 2.98. The zero-order valence-electron chi connectivity index (χ0n) is 12.8. The fourth-order valence-electron chi connectivity index (χ4n) is 2.37. The SMILES string of the molecule is COc1ccc2c(=O)cc(C3=CSC(NC(C)C)N3)[nH]c2c1. The lowest BCUT2D eigenvalue weighted by Gasteiger charge is -2.17. The van der Waals surface area contributed by atoms with Crippen molar-refractivity contribution in [2.24, 2.45) is 0 Å². The van der Waals surface area contributed by atoms with Crippen LogP contribution in [0, 0.1) is 0 Å². The van der Waals surface area contributed by atoms with Crippen LogP contribution in [0.25, 0.3) is 16.6 Å². The Bertz CT molecular complexity index is 783. The maximum absolute atomic E-state index is 12.3. The lowest BCUT2D eigenvalue weighted by Crippen LogP contribution is -2.39. The van der Waals surface area contributed by atoms with Crippen LogP contribution < -0.4 is 20.8 Å². The summed E-state index contributed by atoms with van der Waals surface area (Å²) in [5.41, 5.74) is 2.60. The third-order valence-electron chi connectivity index (χ3n) is 3.42. The van der Waals surface area contributed by atoms with Crippen LogP contribution in [0.3, 0.4) is 0 Å². The molecule has 2 aromatic rings. The molecule has 2 heterocycles. The number of methoxy groups -OCH3 is 1. The van der Waals surface area contributed by atoms with Gasteiger partial charge in [-0.2, -0.15) is 0 Å². The molecule has 1 atom stereocenters. The van der Waals surface area contributed by atoms with E-state index in [2.05, 4.69) is 29.5 Å². The maximum Gasteiger partial charge on any atom is 0.190 e. The topological polar surface area (TPSA) is 66.2 Å². The smallest absolute Gasteiger partial charge is 0.190 e. The number of hydrogen-bond acceptors (Lipinski definition) is 5. The normalized spacial score (nSPS) is 17.6. The van der Waals surface area contributed by atoms with Gasteiger partial charge in [-0.15, -0.1) is 0 Å². The lowest BCUT2D eigenvalue weighted by molar-refractivity contribution is 0.415. The van der Waals surface area contributed by atoms with Gasteiger partial charge in [-0.1, -0.05) is 11.8 Å². The van der Waals surface area contributed by atoms with Crippen LogP contribution in [-0.4, -0.2) is 23.6 Å². The second kappa shape index (κ2) is 6.06. The van der Waals surface area contributed by atoms with Crippen molar-refractivity contribution < 1.29 is 4.74 Å². The minimum absolute atomic E-state index is 0.000582. The quantitative estimate of drug-likeness (QED) is 0.808. The highest BCUT2D eigenvalue weighted by atomic mass is 32.2. The Hall–Kier alpha value is -1.92. The Kier molecular flexibility index (Phi) is 4.13. The molecule has 0 spiro atoms. The highest BCUT2D eigenvalue weighted by Gasteiger charge is 2.19. The van der Waals surface area contributed by atoms with Crippen LogP contribution in [-0.2, 0) is 0 Å². The highest BCUT2D eigenvalue weighted by Crippen LogP contribution is 2.26. The summed E-state index contributed by atoms with van der Waals surface area (Å²) >= 11 is 1.66. The molecule has 0 fully saturated rings. The molecule has 22 heavy (non-hydrogen) atoms. The van der Waals surface area contributed by atoms with Gasteiger partial charge in [0, 0.05) is 23.6 Å². The van der Waals surface area contributed by atoms with Gasteiger partial charge in [0.2, 0.25) is 0 Å². The number of aromatic amines is 1. The van der Waals surface area contributed by atoms with E-state index in [0.29, 0.717) is 11.4 Å². The largest absolute Gasteiger partial charge is 0.497 e. The van der Waals surface area contributed by atoms with Gasteiger partial charge in [0.15, 0.2) is 5.43 Å². The van der Waals surface area contributed by atoms with Gasteiger partial charge in [-0.3, -0.25) is 10.1 Å². The van der Waals surface area contributed by atoms with E-state index in [1.165, 1.54) is 0 Å². The summed E-state index contributed by atoms with van der Waals surface area (Å²) < 4.78 is 5.22. The first-order valence-electron chi connectivity index (χ1n) is 7.16. The van der Waals surface area contributed by atoms with Crippen LogP contribution >= 0.6 is 11.8 Å². The second-order valence-corrected chi connectivity index (χ2v) is 6.45. The molecule has 6 heteroatoms. The molecule has 0 aliphatic carbocycles. The Morgan fingerprint density at radius 1 is 1.32 bits per heavy atom. The van der Waals surface area contributed by atoms with Gasteiger partial charge < -0.3 is 15.0 Å². The molecule has 3 rings (SSSR count). The number of nitrogens with one attached hydrogen (secondary N) is 3. The van der Waals surface area contributed by atoms with Crippen molar-refractivity contribution in [3.63, 3.8) is 0 Å². The van der Waals surface area contributed by atoms with Crippen LogP contribution in [0.15, 0.2) is 34.5 Å². The van der Waals surface area contributed by atoms with E-state index in [9.17, 15) is 4.79 Å². The first-order chi connectivity index (χ1) is 10.6. The number of H-pyrrole nitrogens is 1. The molecule has 3 N–H and O–H groups in total. The molecular formula is C16H19N3O2S. The first-order valence-corrected chi connectivity index (χ1v) is 8.11. The van der Waals surface area contributed by atoms with E-state index in [-0.39, 0.29) is 10.9 Å². The summed E-state index contributed by atoms with van der Waals surface area (Å²) in [6.45, 7) is 4.20. The predicted molar refractivity (Wildman–Crippen MR) is 91.9 cm³/mol. The molecule has 0 radical (unpaired) electrons. The van der Waals surface area contributed by atoms with Gasteiger partial charge in [-0.05, 0) is 31.4 Å². The summed E-state index contributed by atoms with van der Waals surface area (Å²) in [6, 6.07) is 7.43. The summed E-state index contributed by atoms with van der Waals surface area (Å²) in [5, 5.41) is 9.45. The van der Waals surface area contributed by atoms with Crippen LogP contribution in [0.1, 0.15) is 19.5 Å². The molecule has 0 saturated heterocycles. The molecule has 0 saturated carbocycles. The number of aromatic nitrogens is 1. The fourth-order valence-corrected chi connectivity index (χ4v) is 3.39. The second-order valence-electron chi connectivity index (χ2n) is 5.47. The van der Waals surface area contributed by atoms with Crippen LogP contribution in [0.5, 0.6) is 5.75 Å². The van der Waals surface area contributed by atoms with Crippen molar-refractivity contribution in [1.82, 2.24) is 15.6 Å². The van der Waals surface area contributed by atoms with E-state index >= 15 is 0 Å². The predicted octanol–water partition coefficient (Wildman–Crippen LogP) is 2.45. The molecule has 1 aliphatic heterocycles. The van der Waals surface area contributed by atoms with Crippen molar-refractivity contribution in [3.8, 4) is 5.75 Å². The highest BCUT2D eigenvalue weighted by molar-refractivity contribution is 8.03. The zero-order valence-corrected chi connectivity index (χ0v) is 13.6. The first kappa shape index (κ1) is 15.0. The van der Waals surface area contributed by atoms with Crippen molar-refractivity contribution in [1.29, 1.82) is 0 Å². The molecule has 5 nitrogen and oxygen atoms in total. The summed E-state index contributed by atoms with van der Waals surface area (Å²) in [5.74, 6) is 0.724. The van der Waals surface area contributed by atoms with Crippen LogP contribution in [0.2, 0.25) is 0 Å². The molecule has 0 bridgehead atoms. The number of fused-ring (bicyclic) bond motifs is 1. The summed E-state index contributed by atoms with van der Waals surface area (Å²) in [6.07, 6.45) is 0. The number of pyridine rings is 1. The Morgan fingerprint density at radius 3 is 2.86 bits per heavy atom. The average Bonchev–Trinajstić information content (AvgIpc) is 2.94. The van der Waals surface area contributed by atoms with Crippen molar-refractivity contribution in [2.45, 2.75) is 25.4 Å². The van der Waals surface area contributed by atoms with E-state index in [0.717, 1.165) is 22.7 Å². The van der Waals surface area contributed by atoms with E-state index in [1.54, 1.807) is 37.1 Å². The van der Waals surface area contributed by atoms with Gasteiger partial charge in [-0.25, -0.2) is 0 Å². The summed E-state index contributed by atoms with van der Waals surface area (Å²) in [4.78, 5) is 15.6.